The lowest BCUT2D eigenvalue weighted by Crippen LogP contribution is -2.29. The van der Waals surface area contributed by atoms with Crippen LogP contribution in [0.1, 0.15) is 119 Å². The normalized spacial score (nSPS) is 16.1. The zero-order valence-electron chi connectivity index (χ0n) is 28.6. The van der Waals surface area contributed by atoms with E-state index in [1.54, 1.807) is 0 Å². The first-order chi connectivity index (χ1) is 22.0. The molecular weight excluding hydrogens is 555 g/mol. The van der Waals surface area contributed by atoms with Crippen LogP contribution in [0.2, 0.25) is 0 Å². The van der Waals surface area contributed by atoms with E-state index in [0.717, 1.165) is 17.3 Å². The first-order valence-electron chi connectivity index (χ1n) is 17.4. The fraction of sp³-hybridized carbons (Fsp3) is 0.333. The molecule has 1 nitrogen and oxygen atoms in total. The Kier molecular flexibility index (Phi) is 7.71. The van der Waals surface area contributed by atoms with E-state index >= 15 is 0 Å². The van der Waals surface area contributed by atoms with Gasteiger partial charge >= 0.3 is 0 Å². The Hall–Kier alpha value is -4.10. The molecule has 1 fully saturated rings. The van der Waals surface area contributed by atoms with Crippen LogP contribution in [0.25, 0.3) is 11.1 Å². The Balaban J connectivity index is 1.37. The molecule has 1 heteroatoms. The fourth-order valence-corrected chi connectivity index (χ4v) is 8.03. The molecule has 0 amide bonds. The van der Waals surface area contributed by atoms with Gasteiger partial charge < -0.3 is 5.32 Å². The molecule has 2 aliphatic rings. The number of anilines is 2. The van der Waals surface area contributed by atoms with Gasteiger partial charge in [0, 0.05) is 11.4 Å². The topological polar surface area (TPSA) is 12.0 Å². The van der Waals surface area contributed by atoms with E-state index in [1.165, 1.54) is 82.2 Å². The Morgan fingerprint density at radius 3 is 1.61 bits per heavy atom. The van der Waals surface area contributed by atoms with Gasteiger partial charge in [-0.15, -0.1) is 0 Å². The van der Waals surface area contributed by atoms with Gasteiger partial charge in [-0.1, -0.05) is 152 Å². The summed E-state index contributed by atoms with van der Waals surface area (Å²) in [4.78, 5) is 0. The molecule has 234 valence electrons. The van der Waals surface area contributed by atoms with Crippen LogP contribution in [-0.4, -0.2) is 0 Å². The van der Waals surface area contributed by atoms with E-state index in [0.29, 0.717) is 0 Å². The van der Waals surface area contributed by atoms with E-state index < -0.39 is 5.41 Å². The third-order valence-corrected chi connectivity index (χ3v) is 10.7. The fourth-order valence-electron chi connectivity index (χ4n) is 8.03. The van der Waals surface area contributed by atoms with Crippen LogP contribution < -0.4 is 5.32 Å². The summed E-state index contributed by atoms with van der Waals surface area (Å²) in [6.07, 6.45) is 6.77. The van der Waals surface area contributed by atoms with Crippen LogP contribution in [0, 0.1) is 0 Å². The highest BCUT2D eigenvalue weighted by atomic mass is 14.9. The van der Waals surface area contributed by atoms with Crippen molar-refractivity contribution < 1.29 is 0 Å². The summed E-state index contributed by atoms with van der Waals surface area (Å²) in [6.45, 7) is 13.8. The van der Waals surface area contributed by atoms with Gasteiger partial charge in [-0.25, -0.2) is 0 Å². The molecular formula is C45H49N. The second-order valence-electron chi connectivity index (χ2n) is 15.8. The van der Waals surface area contributed by atoms with Crippen LogP contribution in [0.5, 0.6) is 0 Å². The molecule has 1 saturated carbocycles. The van der Waals surface area contributed by atoms with Gasteiger partial charge in [-0.2, -0.15) is 0 Å². The molecule has 0 aromatic heterocycles. The Morgan fingerprint density at radius 1 is 0.522 bits per heavy atom. The average Bonchev–Trinajstić information content (AvgIpc) is 3.35. The van der Waals surface area contributed by atoms with Gasteiger partial charge in [0.15, 0.2) is 0 Å². The van der Waals surface area contributed by atoms with Crippen molar-refractivity contribution in [3.05, 3.63) is 154 Å². The zero-order chi connectivity index (χ0) is 32.1. The predicted octanol–water partition coefficient (Wildman–Crippen LogP) is 12.4. The van der Waals surface area contributed by atoms with Gasteiger partial charge in [-0.3, -0.25) is 0 Å². The van der Waals surface area contributed by atoms with Gasteiger partial charge in [0.25, 0.3) is 0 Å². The molecule has 0 atom stereocenters. The van der Waals surface area contributed by atoms with Crippen molar-refractivity contribution in [1.29, 1.82) is 0 Å². The highest BCUT2D eigenvalue weighted by molar-refractivity contribution is 5.88. The lowest BCUT2D eigenvalue weighted by Gasteiger charge is -2.35. The van der Waals surface area contributed by atoms with E-state index in [4.69, 9.17) is 0 Å². The van der Waals surface area contributed by atoms with Gasteiger partial charge in [0.2, 0.25) is 0 Å². The minimum atomic E-state index is -0.429. The van der Waals surface area contributed by atoms with Crippen LogP contribution in [-0.2, 0) is 16.2 Å². The van der Waals surface area contributed by atoms with Crippen LogP contribution in [0.4, 0.5) is 11.4 Å². The molecule has 0 unspecified atom stereocenters. The molecule has 5 aromatic carbocycles. The van der Waals surface area contributed by atoms with Crippen molar-refractivity contribution in [2.45, 2.75) is 95.8 Å². The van der Waals surface area contributed by atoms with Gasteiger partial charge in [0.1, 0.15) is 0 Å². The standard InChI is InChI=1S/C45H49N/c1-43(2,3)33-18-22-35(23-19-33)45(36-24-20-34(21-25-36)44(4,5)6)41-15-11-10-14-39(41)40-29-28-38(30-42(40)45)46-37-26-16-32(17-27-37)31-12-8-7-9-13-31/h10-11,14-31,46H,7-9,12-13H2,1-6H3. The lowest BCUT2D eigenvalue weighted by molar-refractivity contribution is 0.443. The molecule has 2 aliphatic carbocycles. The number of hydrogen-bond acceptors (Lipinski definition) is 1. The monoisotopic (exact) mass is 603 g/mol. The number of hydrogen-bond donors (Lipinski definition) is 1. The van der Waals surface area contributed by atoms with E-state index in [2.05, 4.69) is 162 Å². The maximum absolute atomic E-state index is 3.79. The zero-order valence-corrected chi connectivity index (χ0v) is 28.6. The molecule has 0 saturated heterocycles. The summed E-state index contributed by atoms with van der Waals surface area (Å²) in [5.41, 5.74) is 14.2. The first kappa shape index (κ1) is 30.5. The van der Waals surface area contributed by atoms with Crippen molar-refractivity contribution in [2.75, 3.05) is 5.32 Å². The molecule has 5 aromatic rings. The predicted molar refractivity (Wildman–Crippen MR) is 197 cm³/mol. The SMILES string of the molecule is CC(C)(C)c1ccc(C2(c3ccc(C(C)(C)C)cc3)c3ccccc3-c3ccc(Nc4ccc(C5CCCCC5)cc4)cc32)cc1. The minimum absolute atomic E-state index is 0.0924. The van der Waals surface area contributed by atoms with E-state index in [1.807, 2.05) is 0 Å². The average molecular weight is 604 g/mol. The van der Waals surface area contributed by atoms with Crippen molar-refractivity contribution in [2.24, 2.45) is 0 Å². The minimum Gasteiger partial charge on any atom is -0.356 e. The second-order valence-corrected chi connectivity index (χ2v) is 15.8. The summed E-state index contributed by atoms with van der Waals surface area (Å²) < 4.78 is 0. The van der Waals surface area contributed by atoms with Crippen LogP contribution in [0.3, 0.4) is 0 Å². The second kappa shape index (κ2) is 11.6. The molecule has 7 rings (SSSR count). The molecule has 0 aliphatic heterocycles. The quantitative estimate of drug-likeness (QED) is 0.207. The third-order valence-electron chi connectivity index (χ3n) is 10.7. The van der Waals surface area contributed by atoms with Crippen molar-refractivity contribution in [1.82, 2.24) is 0 Å². The largest absolute Gasteiger partial charge is 0.356 e. The summed E-state index contributed by atoms with van der Waals surface area (Å²) >= 11 is 0. The Bertz CT molecular complexity index is 1760. The van der Waals surface area contributed by atoms with E-state index in [9.17, 15) is 0 Å². The summed E-state index contributed by atoms with van der Waals surface area (Å²) in [7, 11) is 0. The van der Waals surface area contributed by atoms with Crippen molar-refractivity contribution in [3.8, 4) is 11.1 Å². The molecule has 0 heterocycles. The van der Waals surface area contributed by atoms with Crippen LogP contribution in [0.15, 0.2) is 115 Å². The Morgan fingerprint density at radius 2 is 1.04 bits per heavy atom. The molecule has 0 spiro atoms. The van der Waals surface area contributed by atoms with Crippen molar-refractivity contribution in [3.63, 3.8) is 0 Å². The molecule has 1 N–H and O–H groups in total. The lowest BCUT2D eigenvalue weighted by atomic mass is 9.67. The highest BCUT2D eigenvalue weighted by Crippen LogP contribution is 2.57. The molecule has 0 radical (unpaired) electrons. The summed E-state index contributed by atoms with van der Waals surface area (Å²) in [5.74, 6) is 0.719. The number of benzene rings is 5. The van der Waals surface area contributed by atoms with Gasteiger partial charge in [-0.05, 0) is 104 Å². The Labute approximate surface area is 277 Å². The van der Waals surface area contributed by atoms with Crippen molar-refractivity contribution >= 4 is 11.4 Å². The first-order valence-corrected chi connectivity index (χ1v) is 17.4. The van der Waals surface area contributed by atoms with Crippen LogP contribution >= 0.6 is 0 Å². The molecule has 46 heavy (non-hydrogen) atoms. The highest BCUT2D eigenvalue weighted by Gasteiger charge is 2.46. The summed E-state index contributed by atoms with van der Waals surface area (Å²) in [6, 6.07) is 44.2. The maximum Gasteiger partial charge on any atom is 0.0714 e. The molecule has 0 bridgehead atoms. The van der Waals surface area contributed by atoms with Gasteiger partial charge in [0.05, 0.1) is 5.41 Å². The number of fused-ring (bicyclic) bond motifs is 3. The number of rotatable bonds is 5. The maximum atomic E-state index is 3.79. The smallest absolute Gasteiger partial charge is 0.0714 e. The number of nitrogens with one attached hydrogen (secondary N) is 1. The third kappa shape index (κ3) is 5.38. The van der Waals surface area contributed by atoms with E-state index in [-0.39, 0.29) is 10.8 Å². The summed E-state index contributed by atoms with van der Waals surface area (Å²) in [5, 5.41) is 3.79.